The van der Waals surface area contributed by atoms with Crippen molar-refractivity contribution in [3.63, 3.8) is 0 Å². The molecule has 0 aromatic carbocycles. The number of phosphoric acid groups is 1. The predicted octanol–water partition coefficient (Wildman–Crippen LogP) is 22.2. The highest BCUT2D eigenvalue weighted by Gasteiger charge is 2.26. The van der Waals surface area contributed by atoms with E-state index in [-0.39, 0.29) is 32.6 Å². The minimum atomic E-state index is -4.41. The maximum absolute atomic E-state index is 12.8. The standard InChI is InChI=1S/C75H122NO8P/c1-3-5-7-9-11-13-15-17-19-21-23-25-27-29-31-32-33-34-35-36-37-38-39-40-42-44-46-48-50-52-54-56-58-60-62-64-66-68-75(78)84-73(72-83-85(79,80)82-70-69-76)71-81-74(77)67-65-63-61-59-57-55-53-51-49-47-45-43-41-30-28-26-24-22-20-18-16-14-12-10-8-6-4-2/h5-8,11-14,17-20,23-26,29-31,33-34,36-37,39-41,44,46,73H,3-4,9-10,15-16,21-22,27-28,32,35,38,42-43,45,47-72,76H2,1-2H3,(H,79,80)/b7-5-,8-6-,13-11-,14-12-,19-17-,20-18-,25-23-,26-24-,31-29-,34-33-,37-36-,40-39-,41-30-,46-44-. The van der Waals surface area contributed by atoms with Crippen LogP contribution in [0.1, 0.15) is 258 Å². The van der Waals surface area contributed by atoms with Gasteiger partial charge in [0.25, 0.3) is 0 Å². The Labute approximate surface area is 521 Å². The second-order valence-corrected chi connectivity index (χ2v) is 23.0. The predicted molar refractivity (Wildman–Crippen MR) is 366 cm³/mol. The van der Waals surface area contributed by atoms with Crippen LogP contribution in [0.5, 0.6) is 0 Å². The van der Waals surface area contributed by atoms with Crippen LogP contribution in [0.2, 0.25) is 0 Å². The monoisotopic (exact) mass is 1200 g/mol. The molecule has 0 spiro atoms. The highest BCUT2D eigenvalue weighted by molar-refractivity contribution is 7.47. The zero-order valence-electron chi connectivity index (χ0n) is 53.8. The topological polar surface area (TPSA) is 134 Å². The average Bonchev–Trinajstić information content (AvgIpc) is 3.52. The summed E-state index contributed by atoms with van der Waals surface area (Å²) < 4.78 is 33.1. The van der Waals surface area contributed by atoms with Crippen LogP contribution in [0.25, 0.3) is 0 Å². The van der Waals surface area contributed by atoms with Gasteiger partial charge in [0.1, 0.15) is 6.61 Å². The van der Waals surface area contributed by atoms with E-state index in [0.717, 1.165) is 148 Å². The van der Waals surface area contributed by atoms with Crippen molar-refractivity contribution in [3.8, 4) is 0 Å². The number of hydrogen-bond donors (Lipinski definition) is 2. The van der Waals surface area contributed by atoms with Crippen molar-refractivity contribution >= 4 is 19.8 Å². The minimum Gasteiger partial charge on any atom is -0.462 e. The first kappa shape index (κ1) is 80.4. The first-order valence-electron chi connectivity index (χ1n) is 33.6. The Morgan fingerprint density at radius 1 is 0.353 bits per heavy atom. The molecule has 0 fully saturated rings. The number of phosphoric ester groups is 1. The molecule has 0 bridgehead atoms. The van der Waals surface area contributed by atoms with Gasteiger partial charge in [0.05, 0.1) is 13.2 Å². The number of hydrogen-bond acceptors (Lipinski definition) is 8. The Balaban J connectivity index is 3.99. The van der Waals surface area contributed by atoms with Gasteiger partial charge >= 0.3 is 19.8 Å². The van der Waals surface area contributed by atoms with E-state index in [1.807, 2.05) is 0 Å². The molecule has 2 unspecified atom stereocenters. The lowest BCUT2D eigenvalue weighted by Gasteiger charge is -2.19. The van der Waals surface area contributed by atoms with E-state index < -0.39 is 32.5 Å². The number of allylic oxidation sites excluding steroid dienone is 28. The van der Waals surface area contributed by atoms with Crippen LogP contribution >= 0.6 is 7.82 Å². The quantitative estimate of drug-likeness (QED) is 0.0264. The van der Waals surface area contributed by atoms with Crippen LogP contribution in [0, 0.1) is 0 Å². The molecular weight excluding hydrogens is 1070 g/mol. The molecule has 2 atom stereocenters. The molecule has 0 aromatic rings. The number of esters is 2. The number of rotatable bonds is 61. The molecule has 0 saturated heterocycles. The summed E-state index contributed by atoms with van der Waals surface area (Å²) >= 11 is 0. The van der Waals surface area contributed by atoms with Crippen LogP contribution in [-0.2, 0) is 32.7 Å². The lowest BCUT2D eigenvalue weighted by atomic mass is 10.0. The molecule has 0 saturated carbocycles. The molecule has 0 aliphatic rings. The van der Waals surface area contributed by atoms with E-state index in [1.165, 1.54) is 77.0 Å². The molecule has 10 heteroatoms. The van der Waals surface area contributed by atoms with Gasteiger partial charge in [0.15, 0.2) is 6.10 Å². The third-order valence-electron chi connectivity index (χ3n) is 13.6. The number of nitrogens with two attached hydrogens (primary N) is 1. The van der Waals surface area contributed by atoms with Crippen LogP contribution in [0.4, 0.5) is 0 Å². The zero-order chi connectivity index (χ0) is 61.6. The van der Waals surface area contributed by atoms with Gasteiger partial charge < -0.3 is 20.1 Å². The highest BCUT2D eigenvalue weighted by atomic mass is 31.2. The fourth-order valence-corrected chi connectivity index (χ4v) is 9.48. The van der Waals surface area contributed by atoms with Crippen molar-refractivity contribution in [1.82, 2.24) is 0 Å². The van der Waals surface area contributed by atoms with E-state index in [1.54, 1.807) is 0 Å². The van der Waals surface area contributed by atoms with E-state index >= 15 is 0 Å². The summed E-state index contributed by atoms with van der Waals surface area (Å²) in [5.41, 5.74) is 5.40. The van der Waals surface area contributed by atoms with Crippen LogP contribution in [0.15, 0.2) is 170 Å². The van der Waals surface area contributed by atoms with Gasteiger partial charge in [-0.15, -0.1) is 0 Å². The summed E-state index contributed by atoms with van der Waals surface area (Å²) in [4.78, 5) is 35.3. The van der Waals surface area contributed by atoms with Gasteiger partial charge in [-0.3, -0.25) is 18.6 Å². The van der Waals surface area contributed by atoms with E-state index in [9.17, 15) is 19.0 Å². The maximum Gasteiger partial charge on any atom is 0.472 e. The van der Waals surface area contributed by atoms with Crippen molar-refractivity contribution in [2.75, 3.05) is 26.4 Å². The zero-order valence-corrected chi connectivity index (χ0v) is 54.7. The molecular formula is C75H122NO8P. The molecule has 0 rings (SSSR count). The molecule has 0 radical (unpaired) electrons. The molecule has 3 N–H and O–H groups in total. The highest BCUT2D eigenvalue weighted by Crippen LogP contribution is 2.43. The molecule has 0 heterocycles. The first-order chi connectivity index (χ1) is 41.8. The molecule has 0 aliphatic carbocycles. The number of ether oxygens (including phenoxy) is 2. The lowest BCUT2D eigenvalue weighted by Crippen LogP contribution is -2.29. The Morgan fingerprint density at radius 3 is 0.906 bits per heavy atom. The SMILES string of the molecule is CC/C=C\C/C=C\C/C=C\C/C=C\C/C=C\C/C=C\C/C=C\C/C=C\C/C=C\CCCCCCCCCCCC(=O)OC(COC(=O)CCCCCCCCCCCCC/C=C\C/C=C\C/C=C\C/C=C\C/C=C\CC)COP(=O)(O)OCCN. The summed E-state index contributed by atoms with van der Waals surface area (Å²) in [5.74, 6) is -0.846. The molecule has 85 heavy (non-hydrogen) atoms. The second-order valence-electron chi connectivity index (χ2n) is 21.6. The second kappa shape index (κ2) is 68.5. The van der Waals surface area contributed by atoms with E-state index in [2.05, 4.69) is 184 Å². The Morgan fingerprint density at radius 2 is 0.612 bits per heavy atom. The third-order valence-corrected chi connectivity index (χ3v) is 14.6. The van der Waals surface area contributed by atoms with Crippen molar-refractivity contribution in [2.24, 2.45) is 5.73 Å². The van der Waals surface area contributed by atoms with Crippen molar-refractivity contribution in [1.29, 1.82) is 0 Å². The molecule has 0 aliphatic heterocycles. The molecule has 0 aromatic heterocycles. The summed E-state index contributed by atoms with van der Waals surface area (Å²) in [7, 11) is -4.41. The first-order valence-corrected chi connectivity index (χ1v) is 35.1. The minimum absolute atomic E-state index is 0.0437. The summed E-state index contributed by atoms with van der Waals surface area (Å²) in [5, 5.41) is 0. The normalized spacial score (nSPS) is 14.1. The molecule has 480 valence electrons. The lowest BCUT2D eigenvalue weighted by molar-refractivity contribution is -0.161. The van der Waals surface area contributed by atoms with E-state index in [0.29, 0.717) is 6.42 Å². The van der Waals surface area contributed by atoms with Crippen LogP contribution < -0.4 is 5.73 Å². The van der Waals surface area contributed by atoms with Gasteiger partial charge in [-0.1, -0.05) is 287 Å². The van der Waals surface area contributed by atoms with Gasteiger partial charge in [-0.05, 0) is 128 Å². The third kappa shape index (κ3) is 68.4. The largest absolute Gasteiger partial charge is 0.472 e. The Hall–Kier alpha value is -4.63. The van der Waals surface area contributed by atoms with Crippen molar-refractivity contribution in [3.05, 3.63) is 170 Å². The van der Waals surface area contributed by atoms with Crippen molar-refractivity contribution in [2.45, 2.75) is 264 Å². The van der Waals surface area contributed by atoms with E-state index in [4.69, 9.17) is 24.3 Å². The summed E-state index contributed by atoms with van der Waals surface area (Å²) in [6.07, 6.45) is 101. The summed E-state index contributed by atoms with van der Waals surface area (Å²) in [6.45, 7) is 3.50. The van der Waals surface area contributed by atoms with Crippen LogP contribution in [-0.4, -0.2) is 49.3 Å². The fourth-order valence-electron chi connectivity index (χ4n) is 8.71. The summed E-state index contributed by atoms with van der Waals surface area (Å²) in [6, 6.07) is 0. The van der Waals surface area contributed by atoms with Gasteiger partial charge in [-0.2, -0.15) is 0 Å². The van der Waals surface area contributed by atoms with Gasteiger partial charge in [0.2, 0.25) is 0 Å². The number of carbonyl (C=O) groups is 2. The molecule has 9 nitrogen and oxygen atoms in total. The van der Waals surface area contributed by atoms with Gasteiger partial charge in [-0.25, -0.2) is 4.57 Å². The molecule has 0 amide bonds. The van der Waals surface area contributed by atoms with Crippen LogP contribution in [0.3, 0.4) is 0 Å². The number of unbranched alkanes of at least 4 members (excludes halogenated alkanes) is 20. The number of carbonyl (C=O) groups excluding carboxylic acids is 2. The maximum atomic E-state index is 12.8. The fraction of sp³-hybridized carbons (Fsp3) is 0.600. The smallest absolute Gasteiger partial charge is 0.462 e. The Bertz CT molecular complexity index is 2000. The Kier molecular flexibility index (Phi) is 64.8. The van der Waals surface area contributed by atoms with Gasteiger partial charge in [0, 0.05) is 19.4 Å². The van der Waals surface area contributed by atoms with Crippen molar-refractivity contribution < 1.29 is 37.6 Å². The average molecular weight is 1200 g/mol.